The van der Waals surface area contributed by atoms with Crippen molar-refractivity contribution in [2.45, 2.75) is 37.0 Å². The Balaban J connectivity index is 2.52. The number of hydrogen-bond acceptors (Lipinski definition) is 3. The zero-order valence-electron chi connectivity index (χ0n) is 7.96. The van der Waals surface area contributed by atoms with Crippen LogP contribution < -0.4 is 5.32 Å². The number of nitriles is 1. The molecule has 1 saturated carbocycles. The normalized spacial score (nSPS) is 21.0. The van der Waals surface area contributed by atoms with Crippen molar-refractivity contribution < 1.29 is 4.79 Å². The number of carbonyl (C=O) groups excluding carboxylic acids is 1. The maximum atomic E-state index is 11.7. The second-order valence-electron chi connectivity index (χ2n) is 3.38. The lowest BCUT2D eigenvalue weighted by molar-refractivity contribution is -0.125. The van der Waals surface area contributed by atoms with Crippen LogP contribution in [0.5, 0.6) is 0 Å². The van der Waals surface area contributed by atoms with Gasteiger partial charge >= 0.3 is 0 Å². The highest BCUT2D eigenvalue weighted by Gasteiger charge is 2.43. The van der Waals surface area contributed by atoms with Gasteiger partial charge in [-0.3, -0.25) is 4.79 Å². The van der Waals surface area contributed by atoms with Gasteiger partial charge in [0.2, 0.25) is 5.91 Å². The van der Waals surface area contributed by atoms with Crippen LogP contribution in [0.4, 0.5) is 0 Å². The molecule has 0 bridgehead atoms. The molecule has 1 aliphatic rings. The summed E-state index contributed by atoms with van der Waals surface area (Å²) in [5.74, 6) is 0.0281. The summed E-state index contributed by atoms with van der Waals surface area (Å²) >= 11 is 1.60. The van der Waals surface area contributed by atoms with E-state index in [1.165, 1.54) is 0 Å². The molecule has 1 fully saturated rings. The van der Waals surface area contributed by atoms with Gasteiger partial charge in [-0.05, 0) is 32.4 Å². The van der Waals surface area contributed by atoms with Crippen LogP contribution in [0, 0.1) is 11.3 Å². The van der Waals surface area contributed by atoms with Crippen molar-refractivity contribution in [1.82, 2.24) is 5.32 Å². The Morgan fingerprint density at radius 3 is 2.62 bits per heavy atom. The SMILES string of the molecule is CSC1(C(=O)N[C@@H](C)C#N)CCC1. The largest absolute Gasteiger partial charge is 0.339 e. The minimum Gasteiger partial charge on any atom is -0.339 e. The van der Waals surface area contributed by atoms with Gasteiger partial charge in [0, 0.05) is 0 Å². The molecule has 72 valence electrons. The predicted molar refractivity (Wildman–Crippen MR) is 53.3 cm³/mol. The molecule has 1 rings (SSSR count). The maximum Gasteiger partial charge on any atom is 0.237 e. The first-order chi connectivity index (χ1) is 6.14. The molecule has 1 atom stereocenters. The highest BCUT2D eigenvalue weighted by Crippen LogP contribution is 2.42. The monoisotopic (exact) mass is 198 g/mol. The van der Waals surface area contributed by atoms with Gasteiger partial charge in [-0.15, -0.1) is 11.8 Å². The summed E-state index contributed by atoms with van der Waals surface area (Å²) in [5.41, 5.74) is 0. The van der Waals surface area contributed by atoms with Crippen molar-refractivity contribution in [1.29, 1.82) is 5.26 Å². The first kappa shape index (κ1) is 10.4. The summed E-state index contributed by atoms with van der Waals surface area (Å²) in [4.78, 5) is 11.7. The number of thioether (sulfide) groups is 1. The third-order valence-corrected chi connectivity index (χ3v) is 3.88. The fourth-order valence-electron chi connectivity index (χ4n) is 1.38. The van der Waals surface area contributed by atoms with Gasteiger partial charge < -0.3 is 5.32 Å². The molecule has 13 heavy (non-hydrogen) atoms. The second-order valence-corrected chi connectivity index (χ2v) is 4.57. The summed E-state index contributed by atoms with van der Waals surface area (Å²) in [6, 6.07) is 1.62. The number of rotatable bonds is 3. The molecule has 1 amide bonds. The van der Waals surface area contributed by atoms with Crippen LogP contribution in [0.3, 0.4) is 0 Å². The van der Waals surface area contributed by atoms with E-state index in [9.17, 15) is 4.79 Å². The topological polar surface area (TPSA) is 52.9 Å². The van der Waals surface area contributed by atoms with Crippen molar-refractivity contribution in [2.24, 2.45) is 0 Å². The van der Waals surface area contributed by atoms with Crippen molar-refractivity contribution in [3.8, 4) is 6.07 Å². The van der Waals surface area contributed by atoms with E-state index >= 15 is 0 Å². The summed E-state index contributed by atoms with van der Waals surface area (Å²) in [6.07, 6.45) is 4.96. The minimum absolute atomic E-state index is 0.0281. The molecule has 0 heterocycles. The van der Waals surface area contributed by atoms with E-state index < -0.39 is 0 Å². The smallest absolute Gasteiger partial charge is 0.237 e. The van der Waals surface area contributed by atoms with Crippen molar-refractivity contribution in [2.75, 3.05) is 6.26 Å². The van der Waals surface area contributed by atoms with E-state index in [4.69, 9.17) is 5.26 Å². The molecule has 0 aromatic rings. The van der Waals surface area contributed by atoms with E-state index in [0.29, 0.717) is 0 Å². The molecule has 4 heteroatoms. The first-order valence-corrected chi connectivity index (χ1v) is 5.63. The molecule has 0 saturated heterocycles. The Kier molecular flexibility index (Phi) is 3.21. The van der Waals surface area contributed by atoms with Crippen LogP contribution >= 0.6 is 11.8 Å². The van der Waals surface area contributed by atoms with Gasteiger partial charge in [0.15, 0.2) is 0 Å². The summed E-state index contributed by atoms with van der Waals surface area (Å²) in [5, 5.41) is 11.2. The molecule has 1 aliphatic carbocycles. The van der Waals surface area contributed by atoms with Crippen LogP contribution in [0.2, 0.25) is 0 Å². The first-order valence-electron chi connectivity index (χ1n) is 4.40. The predicted octanol–water partition coefficient (Wildman–Crippen LogP) is 1.30. The zero-order chi connectivity index (χ0) is 9.90. The fraction of sp³-hybridized carbons (Fsp3) is 0.778. The third kappa shape index (κ3) is 1.97. The van der Waals surface area contributed by atoms with Crippen molar-refractivity contribution in [3.63, 3.8) is 0 Å². The Morgan fingerprint density at radius 2 is 2.31 bits per heavy atom. The Bertz CT molecular complexity index is 237. The molecular weight excluding hydrogens is 184 g/mol. The lowest BCUT2D eigenvalue weighted by atomic mass is 9.83. The standard InChI is InChI=1S/C9H14N2OS/c1-7(6-10)11-8(12)9(13-2)4-3-5-9/h7H,3-5H2,1-2H3,(H,11,12)/t7-/m0/s1. The molecule has 3 nitrogen and oxygen atoms in total. The van der Waals surface area contributed by atoms with Crippen LogP contribution in [0.1, 0.15) is 26.2 Å². The number of amides is 1. The Hall–Kier alpha value is -0.690. The lowest BCUT2D eigenvalue weighted by Gasteiger charge is -2.38. The Morgan fingerprint density at radius 1 is 1.69 bits per heavy atom. The van der Waals surface area contributed by atoms with Crippen molar-refractivity contribution in [3.05, 3.63) is 0 Å². The lowest BCUT2D eigenvalue weighted by Crippen LogP contribution is -2.51. The molecule has 1 N–H and O–H groups in total. The number of nitrogens with one attached hydrogen (secondary N) is 1. The molecule has 0 aromatic heterocycles. The van der Waals surface area contributed by atoms with E-state index in [2.05, 4.69) is 5.32 Å². The van der Waals surface area contributed by atoms with Gasteiger partial charge in [0.25, 0.3) is 0 Å². The number of nitrogens with zero attached hydrogens (tertiary/aromatic N) is 1. The molecular formula is C9H14N2OS. The third-order valence-electron chi connectivity index (χ3n) is 2.51. The average molecular weight is 198 g/mol. The van der Waals surface area contributed by atoms with Crippen LogP contribution in [0.25, 0.3) is 0 Å². The fourth-order valence-corrected chi connectivity index (χ4v) is 2.32. The van der Waals surface area contributed by atoms with Crippen LogP contribution in [-0.2, 0) is 4.79 Å². The quantitative estimate of drug-likeness (QED) is 0.743. The summed E-state index contributed by atoms with van der Waals surface area (Å²) in [7, 11) is 0. The van der Waals surface area contributed by atoms with E-state index in [-0.39, 0.29) is 16.7 Å². The molecule has 0 unspecified atom stereocenters. The van der Waals surface area contributed by atoms with Gasteiger partial charge in [0.05, 0.1) is 10.8 Å². The van der Waals surface area contributed by atoms with E-state index in [1.54, 1.807) is 18.7 Å². The van der Waals surface area contributed by atoms with Crippen molar-refractivity contribution >= 4 is 17.7 Å². The molecule has 0 aliphatic heterocycles. The van der Waals surface area contributed by atoms with Crippen LogP contribution in [-0.4, -0.2) is 23.0 Å². The second kappa shape index (κ2) is 4.01. The number of carbonyl (C=O) groups is 1. The summed E-state index contributed by atoms with van der Waals surface area (Å²) < 4.78 is -0.231. The number of hydrogen-bond donors (Lipinski definition) is 1. The average Bonchev–Trinajstić information content (AvgIpc) is 2.03. The van der Waals surface area contributed by atoms with Gasteiger partial charge in [-0.25, -0.2) is 0 Å². The highest BCUT2D eigenvalue weighted by atomic mass is 32.2. The van der Waals surface area contributed by atoms with Crippen LogP contribution in [0.15, 0.2) is 0 Å². The highest BCUT2D eigenvalue weighted by molar-refractivity contribution is 8.00. The molecule has 0 aromatic carbocycles. The van der Waals surface area contributed by atoms with Gasteiger partial charge in [-0.2, -0.15) is 5.26 Å². The van der Waals surface area contributed by atoms with Gasteiger partial charge in [0.1, 0.15) is 6.04 Å². The molecule has 0 spiro atoms. The van der Waals surface area contributed by atoms with E-state index in [0.717, 1.165) is 19.3 Å². The van der Waals surface area contributed by atoms with E-state index in [1.807, 2.05) is 12.3 Å². The maximum absolute atomic E-state index is 11.7. The summed E-state index contributed by atoms with van der Waals surface area (Å²) in [6.45, 7) is 1.70. The zero-order valence-corrected chi connectivity index (χ0v) is 8.78. The molecule has 0 radical (unpaired) electrons. The minimum atomic E-state index is -0.378. The Labute approximate surface area is 82.9 Å². The van der Waals surface area contributed by atoms with Gasteiger partial charge in [-0.1, -0.05) is 0 Å².